The van der Waals surface area contributed by atoms with E-state index in [0.717, 1.165) is 12.8 Å². The van der Waals surface area contributed by atoms with Crippen LogP contribution in [0.5, 0.6) is 0 Å². The number of guanidine groups is 1. The molecule has 0 fully saturated rings. The average Bonchev–Trinajstić information content (AvgIpc) is 2.11. The lowest BCUT2D eigenvalue weighted by molar-refractivity contribution is -0.140. The number of esters is 1. The lowest BCUT2D eigenvalue weighted by Gasteiger charge is -2.15. The molecule has 0 aliphatic carbocycles. The highest BCUT2D eigenvalue weighted by molar-refractivity contribution is 5.74. The molecule has 0 saturated carbocycles. The van der Waals surface area contributed by atoms with E-state index in [1.807, 2.05) is 0 Å². The van der Waals surface area contributed by atoms with Gasteiger partial charge < -0.3 is 15.4 Å². The van der Waals surface area contributed by atoms with Crippen molar-refractivity contribution in [1.29, 1.82) is 5.41 Å². The van der Waals surface area contributed by atoms with E-state index in [0.29, 0.717) is 13.0 Å². The van der Waals surface area contributed by atoms with Crippen molar-refractivity contribution in [2.45, 2.75) is 19.3 Å². The largest absolute Gasteiger partial charge is 0.469 e. The summed E-state index contributed by atoms with van der Waals surface area (Å²) in [4.78, 5) is 12.3. The number of nitrogens with two attached hydrogens (primary N) is 1. The lowest BCUT2D eigenvalue weighted by atomic mass is 10.2. The summed E-state index contributed by atoms with van der Waals surface area (Å²) in [6.07, 6.45) is 2.04. The minimum absolute atomic E-state index is 0.0538. The van der Waals surface area contributed by atoms with Gasteiger partial charge in [-0.1, -0.05) is 0 Å². The van der Waals surface area contributed by atoms with Gasteiger partial charge >= 0.3 is 5.97 Å². The smallest absolute Gasteiger partial charge is 0.305 e. The van der Waals surface area contributed by atoms with Gasteiger partial charge in [0.15, 0.2) is 5.96 Å². The van der Waals surface area contributed by atoms with E-state index in [1.165, 1.54) is 7.11 Å². The molecule has 5 heteroatoms. The summed E-state index contributed by atoms with van der Waals surface area (Å²) >= 11 is 0. The Labute approximate surface area is 78.4 Å². The summed E-state index contributed by atoms with van der Waals surface area (Å²) in [5.74, 6) is -0.136. The molecule has 0 amide bonds. The first-order chi connectivity index (χ1) is 6.07. The maximum atomic E-state index is 10.7. The summed E-state index contributed by atoms with van der Waals surface area (Å²) in [5, 5.41) is 7.07. The van der Waals surface area contributed by atoms with Gasteiger partial charge in [0, 0.05) is 20.0 Å². The van der Waals surface area contributed by atoms with Crippen LogP contribution in [-0.2, 0) is 9.53 Å². The molecule has 0 saturated heterocycles. The fourth-order valence-corrected chi connectivity index (χ4v) is 0.841. The number of unbranched alkanes of at least 4 members (excludes halogenated alkanes) is 1. The lowest BCUT2D eigenvalue weighted by Crippen LogP contribution is -2.33. The Morgan fingerprint density at radius 3 is 2.62 bits per heavy atom. The van der Waals surface area contributed by atoms with Crippen LogP contribution in [0.15, 0.2) is 0 Å². The number of ether oxygens (including phenoxy) is 1. The first-order valence-electron chi connectivity index (χ1n) is 4.20. The van der Waals surface area contributed by atoms with E-state index < -0.39 is 0 Å². The number of nitrogens with zero attached hydrogens (tertiary/aromatic N) is 1. The highest BCUT2D eigenvalue weighted by atomic mass is 16.5. The molecule has 0 bridgehead atoms. The molecule has 0 aromatic heterocycles. The maximum Gasteiger partial charge on any atom is 0.305 e. The molecule has 0 unspecified atom stereocenters. The molecule has 0 aliphatic heterocycles. The SMILES string of the molecule is COC(=O)CCCCN(C)C(=N)N. The van der Waals surface area contributed by atoms with Crippen LogP contribution in [0.4, 0.5) is 0 Å². The van der Waals surface area contributed by atoms with Crippen LogP contribution in [0, 0.1) is 5.41 Å². The van der Waals surface area contributed by atoms with Gasteiger partial charge in [0.1, 0.15) is 0 Å². The van der Waals surface area contributed by atoms with Crippen LogP contribution in [0.25, 0.3) is 0 Å². The minimum atomic E-state index is -0.189. The zero-order chi connectivity index (χ0) is 10.3. The summed E-state index contributed by atoms with van der Waals surface area (Å²) in [5.41, 5.74) is 5.22. The quantitative estimate of drug-likeness (QED) is 0.278. The van der Waals surface area contributed by atoms with E-state index in [-0.39, 0.29) is 11.9 Å². The van der Waals surface area contributed by atoms with Crippen molar-refractivity contribution in [3.63, 3.8) is 0 Å². The van der Waals surface area contributed by atoms with E-state index >= 15 is 0 Å². The molecule has 13 heavy (non-hydrogen) atoms. The van der Waals surface area contributed by atoms with Gasteiger partial charge in [0.25, 0.3) is 0 Å². The van der Waals surface area contributed by atoms with E-state index in [4.69, 9.17) is 11.1 Å². The van der Waals surface area contributed by atoms with Gasteiger partial charge in [-0.15, -0.1) is 0 Å². The molecule has 5 nitrogen and oxygen atoms in total. The molecular formula is C8H17N3O2. The molecular weight excluding hydrogens is 170 g/mol. The van der Waals surface area contributed by atoms with Gasteiger partial charge in [-0.2, -0.15) is 0 Å². The molecule has 0 spiro atoms. The highest BCUT2D eigenvalue weighted by Gasteiger charge is 2.01. The fraction of sp³-hybridized carbons (Fsp3) is 0.750. The van der Waals surface area contributed by atoms with Crippen LogP contribution in [0.2, 0.25) is 0 Å². The number of nitrogens with one attached hydrogen (secondary N) is 1. The van der Waals surface area contributed by atoms with Gasteiger partial charge in [-0.05, 0) is 12.8 Å². The monoisotopic (exact) mass is 187 g/mol. The number of hydrogen-bond donors (Lipinski definition) is 2. The number of carbonyl (C=O) groups excluding carboxylic acids is 1. The van der Waals surface area contributed by atoms with Crippen LogP contribution in [0.3, 0.4) is 0 Å². The first kappa shape index (κ1) is 11.7. The van der Waals surface area contributed by atoms with Crippen LogP contribution < -0.4 is 5.73 Å². The predicted molar refractivity (Wildman–Crippen MR) is 50.4 cm³/mol. The minimum Gasteiger partial charge on any atom is -0.469 e. The number of carbonyl (C=O) groups is 1. The van der Waals surface area contributed by atoms with E-state index in [2.05, 4.69) is 4.74 Å². The normalized spacial score (nSPS) is 9.38. The average molecular weight is 187 g/mol. The molecule has 0 rings (SSSR count). The maximum absolute atomic E-state index is 10.7. The highest BCUT2D eigenvalue weighted by Crippen LogP contribution is 1.98. The topological polar surface area (TPSA) is 79.4 Å². The number of rotatable bonds is 5. The van der Waals surface area contributed by atoms with E-state index in [9.17, 15) is 4.79 Å². The van der Waals surface area contributed by atoms with E-state index in [1.54, 1.807) is 11.9 Å². The Hall–Kier alpha value is -1.26. The van der Waals surface area contributed by atoms with Crippen molar-refractivity contribution in [3.05, 3.63) is 0 Å². The standard InChI is InChI=1S/C8H17N3O2/c1-11(8(9)10)6-4-3-5-7(12)13-2/h3-6H2,1-2H3,(H3,9,10). The molecule has 0 atom stereocenters. The summed E-state index contributed by atoms with van der Waals surface area (Å²) < 4.78 is 4.49. The second kappa shape index (κ2) is 6.28. The number of methoxy groups -OCH3 is 1. The molecule has 0 heterocycles. The van der Waals surface area contributed by atoms with Crippen molar-refractivity contribution in [2.75, 3.05) is 20.7 Å². The van der Waals surface area contributed by atoms with Crippen LogP contribution >= 0.6 is 0 Å². The fourth-order valence-electron chi connectivity index (χ4n) is 0.841. The number of hydrogen-bond acceptors (Lipinski definition) is 3. The molecule has 0 aliphatic rings. The first-order valence-corrected chi connectivity index (χ1v) is 4.20. The zero-order valence-corrected chi connectivity index (χ0v) is 8.17. The molecule has 76 valence electrons. The van der Waals surface area contributed by atoms with Crippen molar-refractivity contribution in [3.8, 4) is 0 Å². The predicted octanol–water partition coefficient (Wildman–Crippen LogP) is 0.155. The Morgan fingerprint density at radius 1 is 1.54 bits per heavy atom. The van der Waals surface area contributed by atoms with Crippen molar-refractivity contribution in [2.24, 2.45) is 5.73 Å². The molecule has 0 aromatic rings. The second-order valence-corrected chi connectivity index (χ2v) is 2.84. The van der Waals surface area contributed by atoms with Crippen molar-refractivity contribution >= 4 is 11.9 Å². The summed E-state index contributed by atoms with van der Waals surface area (Å²) in [6, 6.07) is 0. The molecule has 0 radical (unpaired) electrons. The van der Waals surface area contributed by atoms with Crippen molar-refractivity contribution < 1.29 is 9.53 Å². The molecule has 3 N–H and O–H groups in total. The zero-order valence-electron chi connectivity index (χ0n) is 8.17. The van der Waals surface area contributed by atoms with Gasteiger partial charge in [-0.25, -0.2) is 0 Å². The van der Waals surface area contributed by atoms with Crippen LogP contribution in [0.1, 0.15) is 19.3 Å². The van der Waals surface area contributed by atoms with Gasteiger partial charge in [0.05, 0.1) is 7.11 Å². The van der Waals surface area contributed by atoms with Gasteiger partial charge in [-0.3, -0.25) is 10.2 Å². The third-order valence-corrected chi connectivity index (χ3v) is 1.76. The Kier molecular flexibility index (Phi) is 5.67. The summed E-state index contributed by atoms with van der Waals surface area (Å²) in [6.45, 7) is 0.701. The Balaban J connectivity index is 3.35. The molecule has 0 aromatic carbocycles. The van der Waals surface area contributed by atoms with Crippen LogP contribution in [-0.4, -0.2) is 37.5 Å². The Bertz CT molecular complexity index is 182. The summed E-state index contributed by atoms with van der Waals surface area (Å²) in [7, 11) is 3.13. The van der Waals surface area contributed by atoms with Gasteiger partial charge in [0.2, 0.25) is 0 Å². The Morgan fingerprint density at radius 2 is 2.15 bits per heavy atom. The second-order valence-electron chi connectivity index (χ2n) is 2.84. The van der Waals surface area contributed by atoms with Crippen molar-refractivity contribution in [1.82, 2.24) is 4.90 Å². The third kappa shape index (κ3) is 5.95. The third-order valence-electron chi connectivity index (χ3n) is 1.76.